The molecule has 1 aliphatic heterocycles. The standard InChI is InChI=1S/C23H26N4O2/c1-2-29-19-8-5-17(6-9-19)7-10-22(28)27-15-3-4-21(27)23-20(16-25-26-23)18-11-13-24-14-12-18/h5-6,8-9,11-14,16,21H,2-4,7,10,15H2,1H3,(H,25,26)/t21-/m1/s1. The van der Waals surface area contributed by atoms with Crippen molar-refractivity contribution in [3.8, 4) is 16.9 Å². The molecule has 1 saturated heterocycles. The summed E-state index contributed by atoms with van der Waals surface area (Å²) in [5.41, 5.74) is 4.28. The number of hydrogen-bond donors (Lipinski definition) is 1. The number of aryl methyl sites for hydroxylation is 1. The lowest BCUT2D eigenvalue weighted by atomic mass is 10.0. The zero-order valence-electron chi connectivity index (χ0n) is 16.7. The number of pyridine rings is 1. The molecule has 29 heavy (non-hydrogen) atoms. The van der Waals surface area contributed by atoms with Crippen LogP contribution in [0.3, 0.4) is 0 Å². The van der Waals surface area contributed by atoms with Gasteiger partial charge in [0, 0.05) is 30.9 Å². The summed E-state index contributed by atoms with van der Waals surface area (Å²) in [7, 11) is 0. The molecule has 2 aromatic heterocycles. The fourth-order valence-electron chi connectivity index (χ4n) is 3.99. The van der Waals surface area contributed by atoms with E-state index in [0.29, 0.717) is 13.0 Å². The summed E-state index contributed by atoms with van der Waals surface area (Å²) in [4.78, 5) is 19.1. The van der Waals surface area contributed by atoms with E-state index in [2.05, 4.69) is 15.2 Å². The molecule has 3 heterocycles. The van der Waals surface area contributed by atoms with Crippen LogP contribution in [0.25, 0.3) is 11.1 Å². The molecule has 1 atom stereocenters. The van der Waals surface area contributed by atoms with E-state index in [1.54, 1.807) is 12.4 Å². The Morgan fingerprint density at radius 1 is 1.21 bits per heavy atom. The number of hydrogen-bond acceptors (Lipinski definition) is 4. The Labute approximate surface area is 170 Å². The first-order valence-electron chi connectivity index (χ1n) is 10.2. The van der Waals surface area contributed by atoms with Gasteiger partial charge in [-0.1, -0.05) is 12.1 Å². The highest BCUT2D eigenvalue weighted by molar-refractivity contribution is 5.78. The quantitative estimate of drug-likeness (QED) is 0.657. The number of amides is 1. The molecule has 6 nitrogen and oxygen atoms in total. The van der Waals surface area contributed by atoms with Crippen molar-refractivity contribution in [2.24, 2.45) is 0 Å². The number of aromatic nitrogens is 3. The van der Waals surface area contributed by atoms with Gasteiger partial charge in [0.15, 0.2) is 0 Å². The van der Waals surface area contributed by atoms with Crippen LogP contribution in [0.2, 0.25) is 0 Å². The second-order valence-electron chi connectivity index (χ2n) is 7.26. The summed E-state index contributed by atoms with van der Waals surface area (Å²) < 4.78 is 5.48. The first-order chi connectivity index (χ1) is 14.3. The molecule has 150 valence electrons. The van der Waals surface area contributed by atoms with Crippen molar-refractivity contribution in [2.45, 2.75) is 38.6 Å². The monoisotopic (exact) mass is 390 g/mol. The molecule has 0 saturated carbocycles. The van der Waals surface area contributed by atoms with Gasteiger partial charge >= 0.3 is 0 Å². The van der Waals surface area contributed by atoms with Crippen molar-refractivity contribution < 1.29 is 9.53 Å². The topological polar surface area (TPSA) is 71.1 Å². The molecule has 1 aliphatic rings. The Morgan fingerprint density at radius 2 is 2.00 bits per heavy atom. The van der Waals surface area contributed by atoms with Crippen molar-refractivity contribution in [1.29, 1.82) is 0 Å². The predicted molar refractivity (Wildman–Crippen MR) is 111 cm³/mol. The number of likely N-dealkylation sites (tertiary alicyclic amines) is 1. The van der Waals surface area contributed by atoms with Crippen LogP contribution in [0.15, 0.2) is 55.0 Å². The molecular formula is C23H26N4O2. The summed E-state index contributed by atoms with van der Waals surface area (Å²) in [6, 6.07) is 12.0. The molecule has 1 N–H and O–H groups in total. The fraction of sp³-hybridized carbons (Fsp3) is 0.348. The molecule has 3 aromatic rings. The average Bonchev–Trinajstić information content (AvgIpc) is 3.43. The first kappa shape index (κ1) is 19.2. The van der Waals surface area contributed by atoms with Gasteiger partial charge in [0.1, 0.15) is 5.75 Å². The highest BCUT2D eigenvalue weighted by Gasteiger charge is 2.32. The van der Waals surface area contributed by atoms with Crippen molar-refractivity contribution in [2.75, 3.05) is 13.2 Å². The second-order valence-corrected chi connectivity index (χ2v) is 7.26. The van der Waals surface area contributed by atoms with Gasteiger partial charge in [-0.3, -0.25) is 14.9 Å². The number of carbonyl (C=O) groups excluding carboxylic acids is 1. The van der Waals surface area contributed by atoms with E-state index in [4.69, 9.17) is 4.74 Å². The zero-order chi connectivity index (χ0) is 20.1. The number of H-pyrrole nitrogens is 1. The lowest BCUT2D eigenvalue weighted by molar-refractivity contribution is -0.132. The third-order valence-electron chi connectivity index (χ3n) is 5.43. The Morgan fingerprint density at radius 3 is 2.76 bits per heavy atom. The summed E-state index contributed by atoms with van der Waals surface area (Å²) >= 11 is 0. The van der Waals surface area contributed by atoms with Crippen LogP contribution in [0.5, 0.6) is 5.75 Å². The van der Waals surface area contributed by atoms with Crippen molar-refractivity contribution in [1.82, 2.24) is 20.1 Å². The number of benzene rings is 1. The molecule has 0 aliphatic carbocycles. The second kappa shape index (κ2) is 8.90. The maximum Gasteiger partial charge on any atom is 0.223 e. The molecule has 1 amide bonds. The summed E-state index contributed by atoms with van der Waals surface area (Å²) in [6.07, 6.45) is 8.59. The van der Waals surface area contributed by atoms with Crippen molar-refractivity contribution in [3.05, 3.63) is 66.2 Å². The molecule has 0 spiro atoms. The predicted octanol–water partition coefficient (Wildman–Crippen LogP) is 4.17. The van der Waals surface area contributed by atoms with E-state index in [-0.39, 0.29) is 11.9 Å². The summed E-state index contributed by atoms with van der Waals surface area (Å²) in [5, 5.41) is 7.40. The van der Waals surface area contributed by atoms with Gasteiger partial charge in [0.25, 0.3) is 0 Å². The van der Waals surface area contributed by atoms with Crippen LogP contribution in [0.1, 0.15) is 43.5 Å². The van der Waals surface area contributed by atoms with Gasteiger partial charge in [0.2, 0.25) is 5.91 Å². The van der Waals surface area contributed by atoms with Gasteiger partial charge < -0.3 is 9.64 Å². The van der Waals surface area contributed by atoms with Crippen LogP contribution in [-0.2, 0) is 11.2 Å². The third-order valence-corrected chi connectivity index (χ3v) is 5.43. The van der Waals surface area contributed by atoms with Crippen LogP contribution in [-0.4, -0.2) is 39.1 Å². The van der Waals surface area contributed by atoms with E-state index in [1.165, 1.54) is 0 Å². The lowest BCUT2D eigenvalue weighted by Gasteiger charge is -2.25. The molecule has 6 heteroatoms. The first-order valence-corrected chi connectivity index (χ1v) is 10.2. The molecule has 4 rings (SSSR count). The Kier molecular flexibility index (Phi) is 5.89. The SMILES string of the molecule is CCOc1ccc(CCC(=O)N2CCC[C@@H]2c2[nH]ncc2-c2ccncc2)cc1. The lowest BCUT2D eigenvalue weighted by Crippen LogP contribution is -2.31. The normalized spacial score (nSPS) is 16.2. The largest absolute Gasteiger partial charge is 0.494 e. The van der Waals surface area contributed by atoms with E-state index in [1.807, 2.05) is 54.4 Å². The molecule has 0 bridgehead atoms. The number of carbonyl (C=O) groups is 1. The van der Waals surface area contributed by atoms with E-state index < -0.39 is 0 Å². The van der Waals surface area contributed by atoms with Gasteiger partial charge in [-0.05, 0) is 61.6 Å². The van der Waals surface area contributed by atoms with Crippen LogP contribution in [0, 0.1) is 0 Å². The highest BCUT2D eigenvalue weighted by Crippen LogP contribution is 2.36. The number of nitrogens with one attached hydrogen (secondary N) is 1. The maximum absolute atomic E-state index is 13.0. The van der Waals surface area contributed by atoms with Crippen molar-refractivity contribution >= 4 is 5.91 Å². The van der Waals surface area contributed by atoms with Crippen LogP contribution >= 0.6 is 0 Å². The third kappa shape index (κ3) is 4.31. The number of rotatable bonds is 7. The molecule has 1 aromatic carbocycles. The number of ether oxygens (including phenoxy) is 1. The van der Waals surface area contributed by atoms with Crippen LogP contribution < -0.4 is 4.74 Å². The molecule has 0 unspecified atom stereocenters. The summed E-state index contributed by atoms with van der Waals surface area (Å²) in [6.45, 7) is 3.42. The van der Waals surface area contributed by atoms with E-state index in [0.717, 1.165) is 53.9 Å². The maximum atomic E-state index is 13.0. The van der Waals surface area contributed by atoms with Gasteiger partial charge in [-0.2, -0.15) is 5.10 Å². The number of nitrogens with zero attached hydrogens (tertiary/aromatic N) is 3. The minimum Gasteiger partial charge on any atom is -0.494 e. The number of aromatic amines is 1. The van der Waals surface area contributed by atoms with Gasteiger partial charge in [0.05, 0.1) is 24.5 Å². The van der Waals surface area contributed by atoms with E-state index >= 15 is 0 Å². The molecule has 0 radical (unpaired) electrons. The van der Waals surface area contributed by atoms with Crippen molar-refractivity contribution in [3.63, 3.8) is 0 Å². The smallest absolute Gasteiger partial charge is 0.223 e. The molecule has 1 fully saturated rings. The minimum atomic E-state index is 0.0495. The average molecular weight is 390 g/mol. The zero-order valence-corrected chi connectivity index (χ0v) is 16.7. The minimum absolute atomic E-state index is 0.0495. The Bertz CT molecular complexity index is 937. The Hall–Kier alpha value is -3.15. The highest BCUT2D eigenvalue weighted by atomic mass is 16.5. The van der Waals surface area contributed by atoms with E-state index in [9.17, 15) is 4.79 Å². The molecular weight excluding hydrogens is 364 g/mol. The Balaban J connectivity index is 1.44. The van der Waals surface area contributed by atoms with Gasteiger partial charge in [-0.15, -0.1) is 0 Å². The summed E-state index contributed by atoms with van der Waals surface area (Å²) in [5.74, 6) is 1.06. The fourth-order valence-corrected chi connectivity index (χ4v) is 3.99. The van der Waals surface area contributed by atoms with Crippen LogP contribution in [0.4, 0.5) is 0 Å². The van der Waals surface area contributed by atoms with Gasteiger partial charge in [-0.25, -0.2) is 0 Å².